The molecular weight excluding hydrogens is 248 g/mol. The van der Waals surface area contributed by atoms with Crippen molar-refractivity contribution in [2.24, 2.45) is 0 Å². The molecule has 2 amide bonds. The smallest absolute Gasteiger partial charge is 0.305 e. The van der Waals surface area contributed by atoms with Gasteiger partial charge in [0.2, 0.25) is 5.91 Å². The molecule has 0 spiro atoms. The Labute approximate surface area is 110 Å². The van der Waals surface area contributed by atoms with Gasteiger partial charge < -0.3 is 15.3 Å². The Hall–Kier alpha value is -2.37. The summed E-state index contributed by atoms with van der Waals surface area (Å²) in [7, 11) is 0. The fourth-order valence-corrected chi connectivity index (χ4v) is 2.07. The number of amides is 2. The van der Waals surface area contributed by atoms with Gasteiger partial charge in [0, 0.05) is 18.7 Å². The number of carbonyl (C=O) groups excluding carboxylic acids is 2. The third-order valence-electron chi connectivity index (χ3n) is 2.98. The third kappa shape index (κ3) is 2.90. The van der Waals surface area contributed by atoms with E-state index in [0.717, 1.165) is 0 Å². The minimum atomic E-state index is -1.10. The zero-order valence-electron chi connectivity index (χ0n) is 10.2. The van der Waals surface area contributed by atoms with E-state index >= 15 is 0 Å². The Morgan fingerprint density at radius 1 is 1.32 bits per heavy atom. The van der Waals surface area contributed by atoms with Crippen LogP contribution in [-0.4, -0.2) is 46.9 Å². The SMILES string of the molecule is O=C(O)CC1C(=O)NCCN1C(=O)c1ccccc1. The maximum atomic E-state index is 12.3. The first-order valence-electron chi connectivity index (χ1n) is 5.95. The average Bonchev–Trinajstić information content (AvgIpc) is 2.41. The molecule has 1 aliphatic heterocycles. The largest absolute Gasteiger partial charge is 0.481 e. The van der Waals surface area contributed by atoms with Crippen LogP contribution >= 0.6 is 0 Å². The summed E-state index contributed by atoms with van der Waals surface area (Å²) >= 11 is 0. The highest BCUT2D eigenvalue weighted by atomic mass is 16.4. The van der Waals surface area contributed by atoms with Crippen LogP contribution in [0.1, 0.15) is 16.8 Å². The maximum Gasteiger partial charge on any atom is 0.305 e. The number of aliphatic carboxylic acids is 1. The summed E-state index contributed by atoms with van der Waals surface area (Å²) in [6.07, 6.45) is -0.385. The number of nitrogens with zero attached hydrogens (tertiary/aromatic N) is 1. The summed E-state index contributed by atoms with van der Waals surface area (Å²) in [5, 5.41) is 11.4. The van der Waals surface area contributed by atoms with Crippen LogP contribution in [-0.2, 0) is 9.59 Å². The number of carboxylic acids is 1. The molecule has 2 N–H and O–H groups in total. The molecule has 2 rings (SSSR count). The zero-order valence-corrected chi connectivity index (χ0v) is 10.2. The summed E-state index contributed by atoms with van der Waals surface area (Å²) < 4.78 is 0. The van der Waals surface area contributed by atoms with Crippen LogP contribution in [0.25, 0.3) is 0 Å². The first-order valence-corrected chi connectivity index (χ1v) is 5.95. The van der Waals surface area contributed by atoms with Gasteiger partial charge in [0.25, 0.3) is 5.91 Å². The molecule has 0 bridgehead atoms. The number of piperazine rings is 1. The molecule has 1 aliphatic rings. The number of hydrogen-bond acceptors (Lipinski definition) is 3. The molecule has 1 heterocycles. The van der Waals surface area contributed by atoms with Crippen molar-refractivity contribution >= 4 is 17.8 Å². The molecule has 6 heteroatoms. The molecule has 0 aliphatic carbocycles. The van der Waals surface area contributed by atoms with Crippen LogP contribution in [0.15, 0.2) is 30.3 Å². The number of rotatable bonds is 3. The third-order valence-corrected chi connectivity index (χ3v) is 2.98. The Morgan fingerprint density at radius 2 is 2.00 bits per heavy atom. The van der Waals surface area contributed by atoms with Gasteiger partial charge in [0.15, 0.2) is 0 Å². The number of carbonyl (C=O) groups is 3. The van der Waals surface area contributed by atoms with E-state index in [4.69, 9.17) is 5.11 Å². The van der Waals surface area contributed by atoms with Crippen LogP contribution < -0.4 is 5.32 Å². The number of benzene rings is 1. The fraction of sp³-hybridized carbons (Fsp3) is 0.308. The van der Waals surface area contributed by atoms with E-state index in [2.05, 4.69) is 5.32 Å². The van der Waals surface area contributed by atoms with Gasteiger partial charge in [-0.2, -0.15) is 0 Å². The van der Waals surface area contributed by atoms with Crippen molar-refractivity contribution in [3.05, 3.63) is 35.9 Å². The second kappa shape index (κ2) is 5.51. The van der Waals surface area contributed by atoms with Gasteiger partial charge >= 0.3 is 5.97 Å². The second-order valence-electron chi connectivity index (χ2n) is 4.27. The molecular formula is C13H14N2O4. The highest BCUT2D eigenvalue weighted by Crippen LogP contribution is 2.13. The van der Waals surface area contributed by atoms with Crippen molar-refractivity contribution in [1.29, 1.82) is 0 Å². The first kappa shape index (κ1) is 13.1. The van der Waals surface area contributed by atoms with Crippen molar-refractivity contribution in [2.45, 2.75) is 12.5 Å². The molecule has 1 aromatic carbocycles. The van der Waals surface area contributed by atoms with Gasteiger partial charge in [-0.15, -0.1) is 0 Å². The van der Waals surface area contributed by atoms with Crippen molar-refractivity contribution in [1.82, 2.24) is 10.2 Å². The first-order chi connectivity index (χ1) is 9.09. The highest BCUT2D eigenvalue weighted by molar-refractivity contribution is 5.99. The topological polar surface area (TPSA) is 86.7 Å². The zero-order chi connectivity index (χ0) is 13.8. The minimum absolute atomic E-state index is 0.317. The van der Waals surface area contributed by atoms with E-state index in [0.29, 0.717) is 18.7 Å². The van der Waals surface area contributed by atoms with Crippen molar-refractivity contribution in [3.63, 3.8) is 0 Å². The van der Waals surface area contributed by atoms with Crippen molar-refractivity contribution in [3.8, 4) is 0 Å². The normalized spacial score (nSPS) is 18.8. The van der Waals surface area contributed by atoms with E-state index < -0.39 is 17.9 Å². The summed E-state index contributed by atoms with van der Waals surface area (Å²) in [6, 6.07) is 7.58. The lowest BCUT2D eigenvalue weighted by Crippen LogP contribution is -2.57. The predicted octanol–water partition coefficient (Wildman–Crippen LogP) is 0.102. The standard InChI is InChI=1S/C13H14N2O4/c16-11(17)8-10-12(18)14-6-7-15(10)13(19)9-4-2-1-3-5-9/h1-5,10H,6-8H2,(H,14,18)(H,16,17). The summed E-state index contributed by atoms with van der Waals surface area (Å²) in [4.78, 5) is 36.1. The lowest BCUT2D eigenvalue weighted by atomic mass is 10.1. The van der Waals surface area contributed by atoms with Gasteiger partial charge in [-0.05, 0) is 12.1 Å². The second-order valence-corrected chi connectivity index (χ2v) is 4.27. The average molecular weight is 262 g/mol. The molecule has 6 nitrogen and oxygen atoms in total. The van der Waals surface area contributed by atoms with Crippen molar-refractivity contribution < 1.29 is 19.5 Å². The van der Waals surface area contributed by atoms with E-state index in [1.165, 1.54) is 4.90 Å². The molecule has 0 radical (unpaired) electrons. The van der Waals surface area contributed by atoms with Crippen LogP contribution in [0.5, 0.6) is 0 Å². The molecule has 1 unspecified atom stereocenters. The van der Waals surface area contributed by atoms with Crippen LogP contribution in [0.2, 0.25) is 0 Å². The van der Waals surface area contributed by atoms with Gasteiger partial charge in [0.1, 0.15) is 6.04 Å². The Bertz CT molecular complexity index is 501. The molecule has 19 heavy (non-hydrogen) atoms. The summed E-state index contributed by atoms with van der Waals surface area (Å²) in [6.45, 7) is 0.658. The van der Waals surface area contributed by atoms with E-state index in [9.17, 15) is 14.4 Å². The predicted molar refractivity (Wildman–Crippen MR) is 66.5 cm³/mol. The Balaban J connectivity index is 2.22. The quantitative estimate of drug-likeness (QED) is 0.809. The lowest BCUT2D eigenvalue weighted by molar-refractivity contribution is -0.142. The fourth-order valence-electron chi connectivity index (χ4n) is 2.07. The van der Waals surface area contributed by atoms with Crippen LogP contribution in [0.3, 0.4) is 0 Å². The summed E-state index contributed by atoms with van der Waals surface area (Å²) in [5.74, 6) is -1.84. The van der Waals surface area contributed by atoms with Crippen LogP contribution in [0, 0.1) is 0 Å². The van der Waals surface area contributed by atoms with Crippen molar-refractivity contribution in [2.75, 3.05) is 13.1 Å². The van der Waals surface area contributed by atoms with E-state index in [1.54, 1.807) is 30.3 Å². The van der Waals surface area contributed by atoms with Gasteiger partial charge in [-0.25, -0.2) is 0 Å². The lowest BCUT2D eigenvalue weighted by Gasteiger charge is -2.34. The van der Waals surface area contributed by atoms with Gasteiger partial charge in [-0.1, -0.05) is 18.2 Å². The minimum Gasteiger partial charge on any atom is -0.481 e. The highest BCUT2D eigenvalue weighted by Gasteiger charge is 2.34. The van der Waals surface area contributed by atoms with E-state index in [-0.39, 0.29) is 12.3 Å². The molecule has 0 saturated carbocycles. The molecule has 1 saturated heterocycles. The van der Waals surface area contributed by atoms with E-state index in [1.807, 2.05) is 0 Å². The van der Waals surface area contributed by atoms with Crippen LogP contribution in [0.4, 0.5) is 0 Å². The Kier molecular flexibility index (Phi) is 3.79. The van der Waals surface area contributed by atoms with Gasteiger partial charge in [-0.3, -0.25) is 14.4 Å². The molecule has 1 atom stereocenters. The molecule has 1 fully saturated rings. The Morgan fingerprint density at radius 3 is 2.63 bits per heavy atom. The molecule has 1 aromatic rings. The monoisotopic (exact) mass is 262 g/mol. The number of hydrogen-bond donors (Lipinski definition) is 2. The maximum absolute atomic E-state index is 12.3. The molecule has 0 aromatic heterocycles. The number of nitrogens with one attached hydrogen (secondary N) is 1. The molecule has 100 valence electrons. The summed E-state index contributed by atoms with van der Waals surface area (Å²) in [5.41, 5.74) is 0.451. The van der Waals surface area contributed by atoms with Gasteiger partial charge in [0.05, 0.1) is 6.42 Å². The number of carboxylic acid groups (broad SMARTS) is 1.